The third-order valence-corrected chi connectivity index (χ3v) is 7.90. The van der Waals surface area contributed by atoms with Crippen molar-refractivity contribution in [2.75, 3.05) is 6.61 Å². The van der Waals surface area contributed by atoms with Gasteiger partial charge in [0.1, 0.15) is 0 Å². The molecule has 1 saturated heterocycles. The third kappa shape index (κ3) is 6.19. The average molecular weight is 410 g/mol. The van der Waals surface area contributed by atoms with Gasteiger partial charge in [-0.3, -0.25) is 0 Å². The summed E-state index contributed by atoms with van der Waals surface area (Å²) in [5.41, 5.74) is 1.39. The number of rotatable bonds is 6. The summed E-state index contributed by atoms with van der Waals surface area (Å²) in [4.78, 5) is 0. The normalized spacial score (nSPS) is 25.7. The van der Waals surface area contributed by atoms with Crippen LogP contribution in [0.3, 0.4) is 0 Å². The lowest BCUT2D eigenvalue weighted by atomic mass is 9.98. The van der Waals surface area contributed by atoms with Crippen molar-refractivity contribution in [2.45, 2.75) is 61.1 Å². The first-order chi connectivity index (χ1) is 11.2. The predicted octanol–water partition coefficient (Wildman–Crippen LogP) is 6.00. The summed E-state index contributed by atoms with van der Waals surface area (Å²) in [6.45, 7) is 7.61. The quantitative estimate of drug-likeness (QED) is 0.423. The zero-order valence-corrected chi connectivity index (χ0v) is 17.9. The number of halogens is 3. The summed E-state index contributed by atoms with van der Waals surface area (Å²) in [6, 6.07) is 12.8. The molecule has 1 aromatic rings. The fraction of sp³-hybridized carbons (Fsp3) is 0.667. The maximum absolute atomic E-state index is 6.11. The number of ether oxygens (including phenoxy) is 2. The number of hydrogen-bond acceptors (Lipinski definition) is 2. The van der Waals surface area contributed by atoms with E-state index in [0.717, 1.165) is 24.9 Å². The third-order valence-electron chi connectivity index (χ3n) is 4.49. The van der Waals surface area contributed by atoms with Crippen LogP contribution < -0.4 is 0 Å². The summed E-state index contributed by atoms with van der Waals surface area (Å²) in [6.07, 6.45) is 1.51. The first kappa shape index (κ1) is 20.5. The van der Waals surface area contributed by atoms with Gasteiger partial charge in [-0.15, -0.1) is 0 Å². The highest BCUT2D eigenvalue weighted by atomic mass is 35.6. The zero-order valence-electron chi connectivity index (χ0n) is 14.6. The van der Waals surface area contributed by atoms with Crippen molar-refractivity contribution < 1.29 is 9.47 Å². The van der Waals surface area contributed by atoms with Gasteiger partial charge in [-0.2, -0.15) is 0 Å². The second-order valence-electron chi connectivity index (χ2n) is 7.46. The Morgan fingerprint density at radius 2 is 1.83 bits per heavy atom. The van der Waals surface area contributed by atoms with E-state index in [2.05, 4.69) is 50.3 Å². The van der Waals surface area contributed by atoms with Crippen molar-refractivity contribution in [3.05, 3.63) is 35.9 Å². The topological polar surface area (TPSA) is 18.5 Å². The van der Waals surface area contributed by atoms with Gasteiger partial charge in [0.15, 0.2) is 0 Å². The molecule has 0 aliphatic carbocycles. The Labute approximate surface area is 161 Å². The van der Waals surface area contributed by atoms with Crippen molar-refractivity contribution in [2.24, 2.45) is 5.92 Å². The zero-order chi connectivity index (χ0) is 17.8. The molecule has 136 valence electrons. The highest BCUT2D eigenvalue weighted by molar-refractivity contribution is 6.77. The van der Waals surface area contributed by atoms with Crippen LogP contribution >= 0.6 is 34.8 Å². The molecule has 1 fully saturated rings. The molecule has 1 aromatic carbocycles. The fourth-order valence-corrected chi connectivity index (χ4v) is 6.77. The number of alkyl halides is 3. The fourth-order valence-electron chi connectivity index (χ4n) is 3.42. The van der Waals surface area contributed by atoms with E-state index in [1.165, 1.54) is 5.56 Å². The van der Waals surface area contributed by atoms with Gasteiger partial charge in [0, 0.05) is 5.92 Å². The minimum absolute atomic E-state index is 0.102. The second-order valence-corrected chi connectivity index (χ2v) is 14.9. The molecule has 0 saturated carbocycles. The predicted molar refractivity (Wildman–Crippen MR) is 106 cm³/mol. The maximum atomic E-state index is 6.11. The summed E-state index contributed by atoms with van der Waals surface area (Å²) >= 11 is 18.0. The SMILES string of the molecule is CCCC1COC(C(Cl)(Cl)Cl)OC1C[Si](C)(C)Cc1ccccc1. The molecule has 3 unspecified atom stereocenters. The lowest BCUT2D eigenvalue weighted by Gasteiger charge is -2.41. The van der Waals surface area contributed by atoms with Gasteiger partial charge in [-0.25, -0.2) is 0 Å². The van der Waals surface area contributed by atoms with Crippen molar-refractivity contribution in [3.63, 3.8) is 0 Å². The van der Waals surface area contributed by atoms with Crippen LogP contribution in [-0.2, 0) is 15.5 Å². The molecule has 0 amide bonds. The van der Waals surface area contributed by atoms with E-state index in [1.54, 1.807) is 0 Å². The van der Waals surface area contributed by atoms with E-state index < -0.39 is 18.2 Å². The molecule has 1 aliphatic rings. The van der Waals surface area contributed by atoms with Crippen LogP contribution in [0.5, 0.6) is 0 Å². The van der Waals surface area contributed by atoms with Crippen LogP contribution in [0.4, 0.5) is 0 Å². The minimum atomic E-state index is -1.54. The standard InChI is InChI=1S/C18H27Cl3O2Si/c1-4-8-15-11-22-17(18(19,20)21)23-16(15)13-24(2,3)12-14-9-6-5-7-10-14/h5-7,9-10,15-17H,4,8,11-13H2,1-3H3. The lowest BCUT2D eigenvalue weighted by molar-refractivity contribution is -0.230. The van der Waals surface area contributed by atoms with Crippen molar-refractivity contribution in [3.8, 4) is 0 Å². The highest BCUT2D eigenvalue weighted by Gasteiger charge is 2.43. The molecule has 3 atom stereocenters. The van der Waals surface area contributed by atoms with Crippen LogP contribution in [0.15, 0.2) is 30.3 Å². The van der Waals surface area contributed by atoms with Crippen LogP contribution in [0.25, 0.3) is 0 Å². The Kier molecular flexibility index (Phi) is 7.48. The molecular weight excluding hydrogens is 383 g/mol. The highest BCUT2D eigenvalue weighted by Crippen LogP contribution is 2.39. The first-order valence-corrected chi connectivity index (χ1v) is 13.1. The molecule has 6 heteroatoms. The summed E-state index contributed by atoms with van der Waals surface area (Å²) in [5.74, 6) is 0.376. The van der Waals surface area contributed by atoms with Gasteiger partial charge in [0.05, 0.1) is 20.8 Å². The molecule has 1 heterocycles. The van der Waals surface area contributed by atoms with Crippen molar-refractivity contribution in [1.29, 1.82) is 0 Å². The van der Waals surface area contributed by atoms with Crippen LogP contribution in [-0.4, -0.2) is 30.9 Å². The Morgan fingerprint density at radius 1 is 1.17 bits per heavy atom. The lowest BCUT2D eigenvalue weighted by Crippen LogP contribution is -2.48. The summed E-state index contributed by atoms with van der Waals surface area (Å²) < 4.78 is 10.2. The van der Waals surface area contributed by atoms with E-state index >= 15 is 0 Å². The van der Waals surface area contributed by atoms with Gasteiger partial charge < -0.3 is 9.47 Å². The molecule has 2 nitrogen and oxygen atoms in total. The number of hydrogen-bond donors (Lipinski definition) is 0. The van der Waals surface area contributed by atoms with Gasteiger partial charge in [0.2, 0.25) is 10.1 Å². The molecule has 0 N–H and O–H groups in total. The molecule has 2 rings (SSSR count). The molecule has 1 aliphatic heterocycles. The molecule has 24 heavy (non-hydrogen) atoms. The molecule has 0 radical (unpaired) electrons. The monoisotopic (exact) mass is 408 g/mol. The Balaban J connectivity index is 2.06. The summed E-state index contributed by atoms with van der Waals surface area (Å²) in [7, 11) is -1.50. The number of benzene rings is 1. The molecule has 0 spiro atoms. The van der Waals surface area contributed by atoms with Gasteiger partial charge in [-0.05, 0) is 18.5 Å². The van der Waals surface area contributed by atoms with Crippen LogP contribution in [0.2, 0.25) is 19.1 Å². The Morgan fingerprint density at radius 3 is 2.42 bits per heavy atom. The van der Waals surface area contributed by atoms with Crippen molar-refractivity contribution >= 4 is 42.9 Å². The Hall–Kier alpha value is 0.227. The molecule has 0 aromatic heterocycles. The van der Waals surface area contributed by atoms with Crippen LogP contribution in [0, 0.1) is 5.92 Å². The van der Waals surface area contributed by atoms with E-state index in [0.29, 0.717) is 12.5 Å². The van der Waals surface area contributed by atoms with E-state index in [1.807, 2.05) is 0 Å². The average Bonchev–Trinajstić information content (AvgIpc) is 2.48. The maximum Gasteiger partial charge on any atom is 0.240 e. The molecule has 0 bridgehead atoms. The van der Waals surface area contributed by atoms with E-state index in [-0.39, 0.29) is 6.10 Å². The van der Waals surface area contributed by atoms with Gasteiger partial charge in [-0.1, -0.05) is 97.1 Å². The Bertz CT molecular complexity index is 505. The first-order valence-electron chi connectivity index (χ1n) is 8.59. The minimum Gasteiger partial charge on any atom is -0.348 e. The largest absolute Gasteiger partial charge is 0.348 e. The van der Waals surface area contributed by atoms with E-state index in [9.17, 15) is 0 Å². The summed E-state index contributed by atoms with van der Waals surface area (Å²) in [5, 5.41) is 0. The van der Waals surface area contributed by atoms with E-state index in [4.69, 9.17) is 44.3 Å². The smallest absolute Gasteiger partial charge is 0.240 e. The van der Waals surface area contributed by atoms with Gasteiger partial charge >= 0.3 is 0 Å². The van der Waals surface area contributed by atoms with Crippen molar-refractivity contribution in [1.82, 2.24) is 0 Å². The van der Waals surface area contributed by atoms with Gasteiger partial charge in [0.25, 0.3) is 0 Å². The van der Waals surface area contributed by atoms with Crippen LogP contribution in [0.1, 0.15) is 25.3 Å². The molecular formula is C18H27Cl3O2Si. The second kappa shape index (κ2) is 8.74.